The van der Waals surface area contributed by atoms with Gasteiger partial charge >= 0.3 is 6.61 Å². The molecule has 0 saturated carbocycles. The van der Waals surface area contributed by atoms with E-state index in [0.717, 1.165) is 41.7 Å². The van der Waals surface area contributed by atoms with Crippen molar-refractivity contribution in [2.45, 2.75) is 46.3 Å². The van der Waals surface area contributed by atoms with Gasteiger partial charge < -0.3 is 15.0 Å². The summed E-state index contributed by atoms with van der Waals surface area (Å²) in [4.78, 5) is 18.7. The highest BCUT2D eigenvalue weighted by Gasteiger charge is 2.24. The van der Waals surface area contributed by atoms with Gasteiger partial charge in [-0.2, -0.15) is 8.78 Å². The lowest BCUT2D eigenvalue weighted by atomic mass is 10.0. The van der Waals surface area contributed by atoms with E-state index in [-0.39, 0.29) is 23.6 Å². The van der Waals surface area contributed by atoms with Crippen molar-refractivity contribution in [1.82, 2.24) is 10.3 Å². The molecule has 146 valence electrons. The van der Waals surface area contributed by atoms with Gasteiger partial charge in [0.05, 0.1) is 5.52 Å². The predicted octanol–water partition coefficient (Wildman–Crippen LogP) is 3.89. The Morgan fingerprint density at radius 3 is 2.81 bits per heavy atom. The molecule has 3 rings (SSSR count). The maximum absolute atomic E-state index is 12.6. The molecule has 2 heterocycles. The summed E-state index contributed by atoms with van der Waals surface area (Å²) < 4.78 is 29.7. The molecule has 7 heteroatoms. The van der Waals surface area contributed by atoms with Crippen LogP contribution in [0, 0.1) is 12.8 Å². The number of aromatic nitrogens is 1. The molecule has 1 N–H and O–H groups in total. The van der Waals surface area contributed by atoms with Crippen molar-refractivity contribution in [2.24, 2.45) is 5.92 Å². The smallest absolute Gasteiger partial charge is 0.387 e. The number of pyridine rings is 1. The fourth-order valence-corrected chi connectivity index (χ4v) is 3.44. The zero-order chi connectivity index (χ0) is 19.6. The van der Waals surface area contributed by atoms with Crippen molar-refractivity contribution in [1.29, 1.82) is 0 Å². The third-order valence-corrected chi connectivity index (χ3v) is 4.74. The molecule has 1 unspecified atom stereocenters. The molecule has 0 bridgehead atoms. The van der Waals surface area contributed by atoms with Crippen LogP contribution in [0.15, 0.2) is 24.3 Å². The van der Waals surface area contributed by atoms with E-state index in [1.54, 1.807) is 12.1 Å². The first-order chi connectivity index (χ1) is 12.8. The average molecular weight is 377 g/mol. The summed E-state index contributed by atoms with van der Waals surface area (Å²) in [6.07, 6.45) is 1.87. The van der Waals surface area contributed by atoms with Gasteiger partial charge in [0.25, 0.3) is 0 Å². The Labute approximate surface area is 157 Å². The van der Waals surface area contributed by atoms with Gasteiger partial charge in [0.15, 0.2) is 0 Å². The molecule has 1 fully saturated rings. The maximum Gasteiger partial charge on any atom is 0.387 e. The zero-order valence-corrected chi connectivity index (χ0v) is 15.8. The van der Waals surface area contributed by atoms with Crippen LogP contribution in [0.2, 0.25) is 0 Å². The number of rotatable bonds is 5. The quantitative estimate of drug-likeness (QED) is 0.859. The van der Waals surface area contributed by atoms with Crippen molar-refractivity contribution >= 4 is 22.5 Å². The van der Waals surface area contributed by atoms with Crippen molar-refractivity contribution < 1.29 is 18.3 Å². The largest absolute Gasteiger partial charge is 0.435 e. The van der Waals surface area contributed by atoms with Gasteiger partial charge in [-0.15, -0.1) is 0 Å². The lowest BCUT2D eigenvalue weighted by Crippen LogP contribution is -2.48. The highest BCUT2D eigenvalue weighted by Crippen LogP contribution is 2.32. The summed E-state index contributed by atoms with van der Waals surface area (Å²) in [5.74, 6) is 0.106. The third-order valence-electron chi connectivity index (χ3n) is 4.74. The van der Waals surface area contributed by atoms with Crippen LogP contribution in [0.5, 0.6) is 5.75 Å². The molecule has 5 nitrogen and oxygen atoms in total. The standard InChI is InChI=1S/C20H25F2N3O2/c1-12(2)19(26)24-14-5-4-8-25(11-14)18-9-13(3)23-17-7-6-15(10-16(17)18)27-20(21)22/h6-7,9-10,12,14,20H,4-5,8,11H2,1-3H3,(H,24,26). The first kappa shape index (κ1) is 19.3. The maximum atomic E-state index is 12.6. The molecule has 1 amide bonds. The number of piperidine rings is 1. The van der Waals surface area contributed by atoms with E-state index in [9.17, 15) is 13.6 Å². The molecule has 1 aliphatic heterocycles. The van der Waals surface area contributed by atoms with Crippen LogP contribution >= 0.6 is 0 Å². The highest BCUT2D eigenvalue weighted by atomic mass is 19.3. The minimum Gasteiger partial charge on any atom is -0.435 e. The molecule has 0 aliphatic carbocycles. The molecule has 1 saturated heterocycles. The van der Waals surface area contributed by atoms with Gasteiger partial charge in [-0.3, -0.25) is 9.78 Å². The average Bonchev–Trinajstić information content (AvgIpc) is 2.61. The van der Waals surface area contributed by atoms with E-state index >= 15 is 0 Å². The van der Waals surface area contributed by atoms with E-state index in [2.05, 4.69) is 19.9 Å². The van der Waals surface area contributed by atoms with E-state index in [0.29, 0.717) is 6.54 Å². The Bertz CT molecular complexity index is 826. The molecular weight excluding hydrogens is 352 g/mol. The first-order valence-corrected chi connectivity index (χ1v) is 9.25. The summed E-state index contributed by atoms with van der Waals surface area (Å²) in [7, 11) is 0. The molecule has 1 aromatic carbocycles. The van der Waals surface area contributed by atoms with E-state index in [1.165, 1.54) is 6.07 Å². The minimum absolute atomic E-state index is 0.0465. The van der Waals surface area contributed by atoms with Gasteiger partial charge in [-0.05, 0) is 44.0 Å². The first-order valence-electron chi connectivity index (χ1n) is 9.25. The molecule has 0 spiro atoms. The normalized spacial score (nSPS) is 17.6. The van der Waals surface area contributed by atoms with Crippen LogP contribution in [-0.2, 0) is 4.79 Å². The number of anilines is 1. The zero-order valence-electron chi connectivity index (χ0n) is 15.8. The molecular formula is C20H25F2N3O2. The summed E-state index contributed by atoms with van der Waals surface area (Å²) in [6.45, 7) is 4.31. The van der Waals surface area contributed by atoms with Crippen LogP contribution in [0.25, 0.3) is 10.9 Å². The van der Waals surface area contributed by atoms with Crippen molar-refractivity contribution in [3.05, 3.63) is 30.0 Å². The summed E-state index contributed by atoms with van der Waals surface area (Å²) in [5.41, 5.74) is 2.52. The van der Waals surface area contributed by atoms with Crippen LogP contribution in [0.4, 0.5) is 14.5 Å². The monoisotopic (exact) mass is 377 g/mol. The molecule has 27 heavy (non-hydrogen) atoms. The Morgan fingerprint density at radius 1 is 1.33 bits per heavy atom. The number of ether oxygens (including phenoxy) is 1. The number of carbonyl (C=O) groups excluding carboxylic acids is 1. The van der Waals surface area contributed by atoms with E-state index in [1.807, 2.05) is 26.8 Å². The Kier molecular flexibility index (Phi) is 5.77. The van der Waals surface area contributed by atoms with Crippen LogP contribution in [-0.4, -0.2) is 36.6 Å². The van der Waals surface area contributed by atoms with Crippen LogP contribution in [0.3, 0.4) is 0 Å². The molecule has 0 radical (unpaired) electrons. The van der Waals surface area contributed by atoms with Crippen molar-refractivity contribution in [3.63, 3.8) is 0 Å². The second-order valence-electron chi connectivity index (χ2n) is 7.29. The van der Waals surface area contributed by atoms with Gasteiger partial charge in [0.1, 0.15) is 5.75 Å². The van der Waals surface area contributed by atoms with Crippen molar-refractivity contribution in [2.75, 3.05) is 18.0 Å². The van der Waals surface area contributed by atoms with Gasteiger partial charge in [-0.1, -0.05) is 13.8 Å². The Balaban J connectivity index is 1.90. The number of carbonyl (C=O) groups is 1. The third kappa shape index (κ3) is 4.64. The number of nitrogens with zero attached hydrogens (tertiary/aromatic N) is 2. The number of aryl methyl sites for hydroxylation is 1. The fraction of sp³-hybridized carbons (Fsp3) is 0.500. The topological polar surface area (TPSA) is 54.5 Å². The SMILES string of the molecule is Cc1cc(N2CCCC(NC(=O)C(C)C)C2)c2cc(OC(F)F)ccc2n1. The lowest BCUT2D eigenvalue weighted by Gasteiger charge is -2.35. The number of benzene rings is 1. The van der Waals surface area contributed by atoms with E-state index < -0.39 is 6.61 Å². The number of hydrogen-bond acceptors (Lipinski definition) is 4. The number of hydrogen-bond donors (Lipinski definition) is 1. The summed E-state index contributed by atoms with van der Waals surface area (Å²) >= 11 is 0. The van der Waals surface area contributed by atoms with Gasteiger partial charge in [-0.25, -0.2) is 0 Å². The van der Waals surface area contributed by atoms with Crippen LogP contribution < -0.4 is 15.0 Å². The molecule has 1 aliphatic rings. The van der Waals surface area contributed by atoms with Gasteiger partial charge in [0, 0.05) is 41.8 Å². The highest BCUT2D eigenvalue weighted by molar-refractivity contribution is 5.93. The van der Waals surface area contributed by atoms with Crippen LogP contribution in [0.1, 0.15) is 32.4 Å². The minimum atomic E-state index is -2.87. The second kappa shape index (κ2) is 8.06. The van der Waals surface area contributed by atoms with Gasteiger partial charge in [0.2, 0.25) is 5.91 Å². The summed E-state index contributed by atoms with van der Waals surface area (Å²) in [6, 6.07) is 6.84. The Hall–Kier alpha value is -2.44. The molecule has 2 aromatic rings. The Morgan fingerprint density at radius 2 is 2.11 bits per heavy atom. The number of fused-ring (bicyclic) bond motifs is 1. The second-order valence-corrected chi connectivity index (χ2v) is 7.29. The van der Waals surface area contributed by atoms with Crippen molar-refractivity contribution in [3.8, 4) is 5.75 Å². The predicted molar refractivity (Wildman–Crippen MR) is 101 cm³/mol. The number of alkyl halides is 2. The number of nitrogens with one attached hydrogen (secondary N) is 1. The molecule has 1 aromatic heterocycles. The number of amides is 1. The van der Waals surface area contributed by atoms with E-state index in [4.69, 9.17) is 0 Å². The fourth-order valence-electron chi connectivity index (χ4n) is 3.44. The molecule has 1 atom stereocenters. The lowest BCUT2D eigenvalue weighted by molar-refractivity contribution is -0.124. The summed E-state index contributed by atoms with van der Waals surface area (Å²) in [5, 5.41) is 3.87. The number of halogens is 2.